The van der Waals surface area contributed by atoms with Crippen molar-refractivity contribution in [3.63, 3.8) is 0 Å². The summed E-state index contributed by atoms with van der Waals surface area (Å²) in [6.45, 7) is 4.18. The standard InChI is InChI=1S/C11H15ClN4O/c1-2-9-11(17)13-3-4-16(9)7-8-5-15-10(12)6-14-8/h5-6,9H,2-4,7H2,1H3,(H,13,17). The minimum atomic E-state index is -0.0683. The van der Waals surface area contributed by atoms with Crippen molar-refractivity contribution in [1.29, 1.82) is 0 Å². The van der Waals surface area contributed by atoms with E-state index < -0.39 is 0 Å². The summed E-state index contributed by atoms with van der Waals surface area (Å²) in [7, 11) is 0. The van der Waals surface area contributed by atoms with Crippen molar-refractivity contribution < 1.29 is 4.79 Å². The molecule has 0 bridgehead atoms. The van der Waals surface area contributed by atoms with Crippen LogP contribution in [0, 0.1) is 0 Å². The quantitative estimate of drug-likeness (QED) is 0.869. The maximum atomic E-state index is 11.7. The van der Waals surface area contributed by atoms with Gasteiger partial charge in [-0.1, -0.05) is 18.5 Å². The molecule has 1 aromatic heterocycles. The van der Waals surface area contributed by atoms with E-state index in [0.29, 0.717) is 18.2 Å². The van der Waals surface area contributed by atoms with Crippen LogP contribution in [0.15, 0.2) is 12.4 Å². The fourth-order valence-electron chi connectivity index (χ4n) is 2.02. The normalized spacial score (nSPS) is 21.3. The number of rotatable bonds is 3. The summed E-state index contributed by atoms with van der Waals surface area (Å²) in [6.07, 6.45) is 3.98. The van der Waals surface area contributed by atoms with Crippen LogP contribution >= 0.6 is 11.6 Å². The van der Waals surface area contributed by atoms with Gasteiger partial charge in [-0.2, -0.15) is 0 Å². The Balaban J connectivity index is 2.06. The molecule has 1 amide bonds. The Morgan fingerprint density at radius 3 is 3.00 bits per heavy atom. The molecule has 1 saturated heterocycles. The van der Waals surface area contributed by atoms with E-state index in [1.165, 1.54) is 6.20 Å². The fourth-order valence-corrected chi connectivity index (χ4v) is 2.12. The molecule has 0 saturated carbocycles. The lowest BCUT2D eigenvalue weighted by atomic mass is 10.1. The van der Waals surface area contributed by atoms with Crippen molar-refractivity contribution in [3.05, 3.63) is 23.2 Å². The number of piperazine rings is 1. The number of aromatic nitrogens is 2. The van der Waals surface area contributed by atoms with E-state index in [2.05, 4.69) is 20.2 Å². The van der Waals surface area contributed by atoms with Crippen LogP contribution in [-0.2, 0) is 11.3 Å². The Morgan fingerprint density at radius 1 is 1.53 bits per heavy atom. The molecule has 6 heteroatoms. The largest absolute Gasteiger partial charge is 0.353 e. The molecular formula is C11H15ClN4O. The van der Waals surface area contributed by atoms with Crippen LogP contribution in [0.4, 0.5) is 0 Å². The first-order chi connectivity index (χ1) is 8.20. The van der Waals surface area contributed by atoms with Gasteiger partial charge in [-0.3, -0.25) is 14.7 Å². The van der Waals surface area contributed by atoms with E-state index in [0.717, 1.165) is 18.7 Å². The Morgan fingerprint density at radius 2 is 2.35 bits per heavy atom. The van der Waals surface area contributed by atoms with Crippen molar-refractivity contribution in [2.45, 2.75) is 25.9 Å². The van der Waals surface area contributed by atoms with Gasteiger partial charge >= 0.3 is 0 Å². The molecule has 1 N–H and O–H groups in total. The zero-order valence-electron chi connectivity index (χ0n) is 9.69. The molecule has 0 radical (unpaired) electrons. The number of nitrogens with one attached hydrogen (secondary N) is 1. The van der Waals surface area contributed by atoms with Crippen LogP contribution in [0.1, 0.15) is 19.0 Å². The molecular weight excluding hydrogens is 240 g/mol. The summed E-state index contributed by atoms with van der Waals surface area (Å²) in [5.74, 6) is 0.0978. The summed E-state index contributed by atoms with van der Waals surface area (Å²) in [5, 5.41) is 3.26. The Labute approximate surface area is 105 Å². The summed E-state index contributed by atoms with van der Waals surface area (Å²) in [6, 6.07) is -0.0683. The monoisotopic (exact) mass is 254 g/mol. The smallest absolute Gasteiger partial charge is 0.237 e. The lowest BCUT2D eigenvalue weighted by Crippen LogP contribution is -2.54. The molecule has 1 unspecified atom stereocenters. The van der Waals surface area contributed by atoms with E-state index in [9.17, 15) is 4.79 Å². The van der Waals surface area contributed by atoms with E-state index in [-0.39, 0.29) is 11.9 Å². The van der Waals surface area contributed by atoms with Crippen molar-refractivity contribution in [1.82, 2.24) is 20.2 Å². The van der Waals surface area contributed by atoms with Gasteiger partial charge in [-0.05, 0) is 6.42 Å². The second kappa shape index (κ2) is 5.42. The number of carbonyl (C=O) groups excluding carboxylic acids is 1. The predicted octanol–water partition coefficient (Wildman–Crippen LogP) is 0.840. The molecule has 1 atom stereocenters. The second-order valence-corrected chi connectivity index (χ2v) is 4.40. The summed E-state index contributed by atoms with van der Waals surface area (Å²) >= 11 is 5.68. The lowest BCUT2D eigenvalue weighted by Gasteiger charge is -2.34. The first kappa shape index (κ1) is 12.3. The predicted molar refractivity (Wildman–Crippen MR) is 64.5 cm³/mol. The van der Waals surface area contributed by atoms with Gasteiger partial charge in [0, 0.05) is 19.6 Å². The molecule has 1 aromatic rings. The second-order valence-electron chi connectivity index (χ2n) is 4.02. The van der Waals surface area contributed by atoms with Gasteiger partial charge in [-0.15, -0.1) is 0 Å². The first-order valence-corrected chi connectivity index (χ1v) is 6.06. The van der Waals surface area contributed by atoms with Crippen LogP contribution in [0.2, 0.25) is 5.15 Å². The molecule has 2 heterocycles. The van der Waals surface area contributed by atoms with Crippen LogP contribution in [0.3, 0.4) is 0 Å². The highest BCUT2D eigenvalue weighted by Crippen LogP contribution is 2.12. The SMILES string of the molecule is CCC1C(=O)NCCN1Cc1cnc(Cl)cn1. The van der Waals surface area contributed by atoms with Crippen molar-refractivity contribution >= 4 is 17.5 Å². The van der Waals surface area contributed by atoms with Gasteiger partial charge < -0.3 is 5.32 Å². The van der Waals surface area contributed by atoms with E-state index in [4.69, 9.17) is 11.6 Å². The summed E-state index contributed by atoms with van der Waals surface area (Å²) < 4.78 is 0. The third-order valence-corrected chi connectivity index (χ3v) is 3.06. The van der Waals surface area contributed by atoms with Crippen LogP contribution < -0.4 is 5.32 Å². The molecule has 0 aliphatic carbocycles. The van der Waals surface area contributed by atoms with E-state index in [1.54, 1.807) is 6.20 Å². The number of carbonyl (C=O) groups is 1. The highest BCUT2D eigenvalue weighted by molar-refractivity contribution is 6.29. The Hall–Kier alpha value is -1.20. The van der Waals surface area contributed by atoms with Crippen molar-refractivity contribution in [3.8, 4) is 0 Å². The van der Waals surface area contributed by atoms with Crippen LogP contribution in [-0.4, -0.2) is 39.9 Å². The summed E-state index contributed by atoms with van der Waals surface area (Å²) in [4.78, 5) is 22.0. The van der Waals surface area contributed by atoms with Crippen LogP contribution in [0.5, 0.6) is 0 Å². The molecule has 0 aromatic carbocycles. The van der Waals surface area contributed by atoms with Gasteiger partial charge in [0.2, 0.25) is 5.91 Å². The zero-order valence-corrected chi connectivity index (χ0v) is 10.4. The first-order valence-electron chi connectivity index (χ1n) is 5.69. The maximum Gasteiger partial charge on any atom is 0.237 e. The van der Waals surface area contributed by atoms with Gasteiger partial charge in [0.1, 0.15) is 5.15 Å². The van der Waals surface area contributed by atoms with E-state index in [1.807, 2.05) is 6.92 Å². The van der Waals surface area contributed by atoms with Gasteiger partial charge in [0.25, 0.3) is 0 Å². The highest BCUT2D eigenvalue weighted by Gasteiger charge is 2.28. The number of amides is 1. The Kier molecular flexibility index (Phi) is 3.91. The lowest BCUT2D eigenvalue weighted by molar-refractivity contribution is -0.129. The average molecular weight is 255 g/mol. The Bertz CT molecular complexity index is 395. The molecule has 0 spiro atoms. The number of hydrogen-bond acceptors (Lipinski definition) is 4. The molecule has 2 rings (SSSR count). The number of hydrogen-bond donors (Lipinski definition) is 1. The summed E-state index contributed by atoms with van der Waals surface area (Å²) in [5.41, 5.74) is 0.836. The zero-order chi connectivity index (χ0) is 12.3. The number of halogens is 1. The van der Waals surface area contributed by atoms with Gasteiger partial charge in [0.05, 0.1) is 24.1 Å². The minimum Gasteiger partial charge on any atom is -0.353 e. The average Bonchev–Trinajstić information content (AvgIpc) is 2.32. The van der Waals surface area contributed by atoms with Gasteiger partial charge in [0.15, 0.2) is 0 Å². The van der Waals surface area contributed by atoms with Gasteiger partial charge in [-0.25, -0.2) is 4.98 Å². The third kappa shape index (κ3) is 2.92. The molecule has 1 fully saturated rings. The van der Waals surface area contributed by atoms with Crippen LogP contribution in [0.25, 0.3) is 0 Å². The fraction of sp³-hybridized carbons (Fsp3) is 0.545. The highest BCUT2D eigenvalue weighted by atomic mass is 35.5. The van der Waals surface area contributed by atoms with Crippen molar-refractivity contribution in [2.24, 2.45) is 0 Å². The molecule has 92 valence electrons. The molecule has 5 nitrogen and oxygen atoms in total. The topological polar surface area (TPSA) is 58.1 Å². The molecule has 1 aliphatic heterocycles. The maximum absolute atomic E-state index is 11.7. The van der Waals surface area contributed by atoms with E-state index >= 15 is 0 Å². The minimum absolute atomic E-state index is 0.0683. The molecule has 1 aliphatic rings. The van der Waals surface area contributed by atoms with Crippen molar-refractivity contribution in [2.75, 3.05) is 13.1 Å². The molecule has 17 heavy (non-hydrogen) atoms. The number of nitrogens with zero attached hydrogens (tertiary/aromatic N) is 3. The third-order valence-electron chi connectivity index (χ3n) is 2.87.